The second kappa shape index (κ2) is 4.22. The van der Waals surface area contributed by atoms with Crippen molar-refractivity contribution >= 4 is 31.5 Å². The van der Waals surface area contributed by atoms with E-state index in [1.807, 2.05) is 17.4 Å². The van der Waals surface area contributed by atoms with Gasteiger partial charge in [-0.2, -0.15) is 0 Å². The zero-order valence-corrected chi connectivity index (χ0v) is 11.1. The van der Waals surface area contributed by atoms with Crippen LogP contribution < -0.4 is 0 Å². The Morgan fingerprint density at radius 2 is 1.53 bits per heavy atom. The van der Waals surface area contributed by atoms with Gasteiger partial charge in [0.1, 0.15) is 0 Å². The lowest BCUT2D eigenvalue weighted by atomic mass is 10.0. The number of hydrogen-bond acceptors (Lipinski definition) is 1. The molecule has 0 aliphatic heterocycles. The van der Waals surface area contributed by atoms with Gasteiger partial charge in [0.15, 0.2) is 0 Å². The molecule has 1 aromatic heterocycles. The first-order chi connectivity index (χ1) is 9.42. The lowest BCUT2D eigenvalue weighted by Gasteiger charge is -2.00. The van der Waals surface area contributed by atoms with Gasteiger partial charge in [-0.15, -0.1) is 11.3 Å². The second-order valence-electron chi connectivity index (χ2n) is 4.59. The Bertz CT molecular complexity index is 857. The molecule has 0 fully saturated rings. The van der Waals surface area contributed by atoms with Crippen LogP contribution in [0.25, 0.3) is 31.3 Å². The van der Waals surface area contributed by atoms with Gasteiger partial charge >= 0.3 is 0 Å². The summed E-state index contributed by atoms with van der Waals surface area (Å²) in [6, 6.07) is 26.8. The van der Waals surface area contributed by atoms with E-state index in [0.29, 0.717) is 0 Å². The SMILES string of the molecule is [c]1cc(-c2ccccc2)cc2sc3ccccc3c12. The molecule has 19 heavy (non-hydrogen) atoms. The first kappa shape index (κ1) is 10.8. The molecule has 0 aliphatic rings. The molecule has 0 spiro atoms. The minimum Gasteiger partial charge on any atom is -0.135 e. The second-order valence-corrected chi connectivity index (χ2v) is 5.68. The number of rotatable bonds is 1. The van der Waals surface area contributed by atoms with Gasteiger partial charge < -0.3 is 0 Å². The van der Waals surface area contributed by atoms with Crippen molar-refractivity contribution in [3.8, 4) is 11.1 Å². The van der Waals surface area contributed by atoms with Gasteiger partial charge in [0.05, 0.1) is 0 Å². The highest BCUT2D eigenvalue weighted by atomic mass is 32.1. The molecule has 0 N–H and O–H groups in total. The highest BCUT2D eigenvalue weighted by Crippen LogP contribution is 2.35. The van der Waals surface area contributed by atoms with Crippen LogP contribution in [0.3, 0.4) is 0 Å². The van der Waals surface area contributed by atoms with Crippen LogP contribution in [0.1, 0.15) is 0 Å². The van der Waals surface area contributed by atoms with Crippen molar-refractivity contribution < 1.29 is 0 Å². The fraction of sp³-hybridized carbons (Fsp3) is 0. The van der Waals surface area contributed by atoms with Crippen LogP contribution in [0.4, 0.5) is 0 Å². The maximum absolute atomic E-state index is 3.45. The molecule has 0 saturated carbocycles. The van der Waals surface area contributed by atoms with E-state index in [4.69, 9.17) is 0 Å². The van der Waals surface area contributed by atoms with Crippen LogP contribution in [-0.2, 0) is 0 Å². The van der Waals surface area contributed by atoms with E-state index >= 15 is 0 Å². The number of hydrogen-bond donors (Lipinski definition) is 0. The third-order valence-electron chi connectivity index (χ3n) is 3.39. The molecule has 0 nitrogen and oxygen atoms in total. The highest BCUT2D eigenvalue weighted by Gasteiger charge is 2.06. The molecule has 0 aliphatic carbocycles. The predicted molar refractivity (Wildman–Crippen MR) is 83.6 cm³/mol. The maximum Gasteiger partial charge on any atom is 0.0367 e. The van der Waals surface area contributed by atoms with Crippen LogP contribution in [0.5, 0.6) is 0 Å². The van der Waals surface area contributed by atoms with Crippen molar-refractivity contribution in [2.75, 3.05) is 0 Å². The number of benzene rings is 3. The molecular weight excluding hydrogens is 248 g/mol. The van der Waals surface area contributed by atoms with Gasteiger partial charge in [-0.05, 0) is 35.4 Å². The first-order valence-corrected chi connectivity index (χ1v) is 7.12. The van der Waals surface area contributed by atoms with Crippen molar-refractivity contribution in [2.24, 2.45) is 0 Å². The van der Waals surface area contributed by atoms with Gasteiger partial charge in [0, 0.05) is 20.2 Å². The monoisotopic (exact) mass is 259 g/mol. The molecule has 0 bridgehead atoms. The smallest absolute Gasteiger partial charge is 0.0367 e. The van der Waals surface area contributed by atoms with Crippen LogP contribution in [0.2, 0.25) is 0 Å². The average molecular weight is 259 g/mol. The van der Waals surface area contributed by atoms with Crippen LogP contribution in [0.15, 0.2) is 66.7 Å². The van der Waals surface area contributed by atoms with E-state index in [0.717, 1.165) is 0 Å². The first-order valence-electron chi connectivity index (χ1n) is 6.30. The average Bonchev–Trinajstić information content (AvgIpc) is 2.86. The van der Waals surface area contributed by atoms with E-state index in [1.54, 1.807) is 0 Å². The minimum atomic E-state index is 1.24. The van der Waals surface area contributed by atoms with Crippen LogP contribution >= 0.6 is 11.3 Å². The van der Waals surface area contributed by atoms with Gasteiger partial charge in [-0.1, -0.05) is 48.5 Å². The van der Waals surface area contributed by atoms with E-state index in [1.165, 1.54) is 31.3 Å². The van der Waals surface area contributed by atoms with Gasteiger partial charge in [0.2, 0.25) is 0 Å². The Labute approximate surface area is 115 Å². The maximum atomic E-state index is 3.45. The van der Waals surface area contributed by atoms with Crippen molar-refractivity contribution in [3.63, 3.8) is 0 Å². The Morgan fingerprint density at radius 3 is 2.42 bits per heavy atom. The summed E-state index contributed by atoms with van der Waals surface area (Å²) in [5, 5.41) is 2.54. The fourth-order valence-corrected chi connectivity index (χ4v) is 3.57. The molecule has 1 radical (unpaired) electrons. The molecule has 89 valence electrons. The summed E-state index contributed by atoms with van der Waals surface area (Å²) in [4.78, 5) is 0. The summed E-state index contributed by atoms with van der Waals surface area (Å²) in [7, 11) is 0. The van der Waals surface area contributed by atoms with E-state index < -0.39 is 0 Å². The minimum absolute atomic E-state index is 1.24. The lowest BCUT2D eigenvalue weighted by Crippen LogP contribution is -1.76. The summed E-state index contributed by atoms with van der Waals surface area (Å²) in [5.41, 5.74) is 2.48. The number of fused-ring (bicyclic) bond motifs is 3. The van der Waals surface area contributed by atoms with E-state index in [2.05, 4.69) is 66.7 Å². The van der Waals surface area contributed by atoms with E-state index in [-0.39, 0.29) is 0 Å². The molecule has 0 amide bonds. The zero-order chi connectivity index (χ0) is 12.7. The molecule has 0 atom stereocenters. The topological polar surface area (TPSA) is 0 Å². The Kier molecular flexibility index (Phi) is 2.39. The Balaban J connectivity index is 1.99. The normalized spacial score (nSPS) is 11.2. The molecular formula is C18H11S. The van der Waals surface area contributed by atoms with Crippen molar-refractivity contribution in [2.45, 2.75) is 0 Å². The Morgan fingerprint density at radius 1 is 0.737 bits per heavy atom. The van der Waals surface area contributed by atoms with Gasteiger partial charge in [-0.3, -0.25) is 0 Å². The van der Waals surface area contributed by atoms with Gasteiger partial charge in [-0.25, -0.2) is 0 Å². The summed E-state index contributed by atoms with van der Waals surface area (Å²) in [5.74, 6) is 0. The molecule has 4 rings (SSSR count). The lowest BCUT2D eigenvalue weighted by molar-refractivity contribution is 1.65. The Hall–Kier alpha value is -2.12. The molecule has 1 heteroatoms. The van der Waals surface area contributed by atoms with Crippen molar-refractivity contribution in [1.29, 1.82) is 0 Å². The summed E-state index contributed by atoms with van der Waals surface area (Å²) >= 11 is 1.84. The van der Waals surface area contributed by atoms with Gasteiger partial charge in [0.25, 0.3) is 0 Å². The fourth-order valence-electron chi connectivity index (χ4n) is 2.45. The molecule has 3 aromatic carbocycles. The van der Waals surface area contributed by atoms with E-state index in [9.17, 15) is 0 Å². The predicted octanol–water partition coefficient (Wildman–Crippen LogP) is 5.52. The standard InChI is InChI=1S/C18H11S/c1-2-6-13(7-3-1)14-10-11-16-15-8-4-5-9-17(15)19-18(16)12-14/h1-10,12H. The highest BCUT2D eigenvalue weighted by molar-refractivity contribution is 7.25. The van der Waals surface area contributed by atoms with Crippen molar-refractivity contribution in [3.05, 3.63) is 72.8 Å². The third kappa shape index (κ3) is 1.74. The molecule has 0 saturated heterocycles. The molecule has 0 unspecified atom stereocenters. The third-order valence-corrected chi connectivity index (χ3v) is 4.51. The summed E-state index contributed by atoms with van der Waals surface area (Å²) in [6.45, 7) is 0. The molecule has 1 heterocycles. The van der Waals surface area contributed by atoms with Crippen molar-refractivity contribution in [1.82, 2.24) is 0 Å². The van der Waals surface area contributed by atoms with Crippen LogP contribution in [0, 0.1) is 6.07 Å². The van der Waals surface area contributed by atoms with Crippen LogP contribution in [-0.4, -0.2) is 0 Å². The quantitative estimate of drug-likeness (QED) is 0.422. The largest absolute Gasteiger partial charge is 0.135 e. The number of thiophene rings is 1. The zero-order valence-electron chi connectivity index (χ0n) is 10.3. The summed E-state index contributed by atoms with van der Waals surface area (Å²) in [6.07, 6.45) is 0. The molecule has 4 aromatic rings. The summed E-state index contributed by atoms with van der Waals surface area (Å²) < 4.78 is 2.64.